The Balaban J connectivity index is 2.04. The second-order valence-electron chi connectivity index (χ2n) is 5.07. The minimum Gasteiger partial charge on any atom is -0.489 e. The fourth-order valence-corrected chi connectivity index (χ4v) is 1.96. The Hall–Kier alpha value is -1.80. The Bertz CT molecular complexity index is 516. The van der Waals surface area contributed by atoms with E-state index in [-0.39, 0.29) is 12.1 Å². The van der Waals surface area contributed by atoms with Crippen LogP contribution in [-0.2, 0) is 0 Å². The zero-order valence-electron chi connectivity index (χ0n) is 11.8. The maximum Gasteiger partial charge on any atom is 0.119 e. The molecule has 2 N–H and O–H groups in total. The lowest BCUT2D eigenvalue weighted by atomic mass is 10.0. The van der Waals surface area contributed by atoms with E-state index in [0.29, 0.717) is 0 Å². The Morgan fingerprint density at radius 3 is 1.84 bits per heavy atom. The summed E-state index contributed by atoms with van der Waals surface area (Å²) in [6, 6.07) is 16.2. The van der Waals surface area contributed by atoms with Gasteiger partial charge in [0.2, 0.25) is 0 Å². The van der Waals surface area contributed by atoms with Gasteiger partial charge in [-0.3, -0.25) is 0 Å². The molecule has 2 heteroatoms. The van der Waals surface area contributed by atoms with Gasteiger partial charge in [0.1, 0.15) is 11.9 Å². The van der Waals surface area contributed by atoms with Crippen molar-refractivity contribution in [3.8, 4) is 5.75 Å². The van der Waals surface area contributed by atoms with Crippen LogP contribution in [0.5, 0.6) is 5.75 Å². The molecular formula is C17H21NO. The predicted octanol–water partition coefficient (Wildman–Crippen LogP) is 3.77. The summed E-state index contributed by atoms with van der Waals surface area (Å²) in [7, 11) is 0. The molecule has 0 fully saturated rings. The van der Waals surface area contributed by atoms with Crippen LogP contribution in [0.4, 0.5) is 0 Å². The summed E-state index contributed by atoms with van der Waals surface area (Å²) in [6.07, 6.45) is -0.0644. The van der Waals surface area contributed by atoms with Crippen molar-refractivity contribution in [1.29, 1.82) is 0 Å². The van der Waals surface area contributed by atoms with Crippen LogP contribution in [0, 0.1) is 13.8 Å². The van der Waals surface area contributed by atoms with Gasteiger partial charge in [0.05, 0.1) is 6.04 Å². The third-order valence-electron chi connectivity index (χ3n) is 3.31. The van der Waals surface area contributed by atoms with E-state index >= 15 is 0 Å². The maximum atomic E-state index is 6.24. The summed E-state index contributed by atoms with van der Waals surface area (Å²) in [6.45, 7) is 6.14. The standard InChI is InChI=1S/C17H21NO/c1-12-4-8-15(9-5-12)17(18)14(3)19-16-10-6-13(2)7-11-16/h4-11,14,17H,18H2,1-3H3. The van der Waals surface area contributed by atoms with Crippen molar-refractivity contribution in [1.82, 2.24) is 0 Å². The van der Waals surface area contributed by atoms with Gasteiger partial charge in [-0.2, -0.15) is 0 Å². The fraction of sp³-hybridized carbons (Fsp3) is 0.294. The van der Waals surface area contributed by atoms with Crippen LogP contribution >= 0.6 is 0 Å². The molecule has 0 amide bonds. The number of ether oxygens (including phenoxy) is 1. The first-order chi connectivity index (χ1) is 9.06. The number of benzene rings is 2. The van der Waals surface area contributed by atoms with Crippen molar-refractivity contribution in [3.63, 3.8) is 0 Å². The molecule has 2 atom stereocenters. The highest BCUT2D eigenvalue weighted by atomic mass is 16.5. The van der Waals surface area contributed by atoms with Crippen molar-refractivity contribution in [2.24, 2.45) is 5.73 Å². The van der Waals surface area contributed by atoms with E-state index in [0.717, 1.165) is 11.3 Å². The normalized spacial score (nSPS) is 13.9. The molecule has 0 heterocycles. The second kappa shape index (κ2) is 5.89. The first-order valence-electron chi connectivity index (χ1n) is 6.62. The maximum absolute atomic E-state index is 6.24. The molecular weight excluding hydrogens is 234 g/mol. The minimum atomic E-state index is -0.123. The van der Waals surface area contributed by atoms with Crippen molar-refractivity contribution < 1.29 is 4.74 Å². The Morgan fingerprint density at radius 1 is 0.842 bits per heavy atom. The molecule has 0 aliphatic carbocycles. The van der Waals surface area contributed by atoms with Gasteiger partial charge >= 0.3 is 0 Å². The van der Waals surface area contributed by atoms with Crippen molar-refractivity contribution in [3.05, 3.63) is 65.2 Å². The molecule has 2 aromatic rings. The van der Waals surface area contributed by atoms with E-state index < -0.39 is 0 Å². The van der Waals surface area contributed by atoms with E-state index in [2.05, 4.69) is 38.1 Å². The highest BCUT2D eigenvalue weighted by Crippen LogP contribution is 2.20. The zero-order valence-corrected chi connectivity index (χ0v) is 11.8. The monoisotopic (exact) mass is 255 g/mol. The average Bonchev–Trinajstić information content (AvgIpc) is 2.41. The first-order valence-corrected chi connectivity index (χ1v) is 6.62. The lowest BCUT2D eigenvalue weighted by Gasteiger charge is -2.22. The van der Waals surface area contributed by atoms with Crippen molar-refractivity contribution >= 4 is 0 Å². The molecule has 0 radical (unpaired) electrons. The van der Waals surface area contributed by atoms with Crippen molar-refractivity contribution in [2.75, 3.05) is 0 Å². The molecule has 0 saturated carbocycles. The molecule has 2 unspecified atom stereocenters. The highest BCUT2D eigenvalue weighted by molar-refractivity contribution is 5.28. The third kappa shape index (κ3) is 3.58. The van der Waals surface area contributed by atoms with E-state index in [1.165, 1.54) is 11.1 Å². The smallest absolute Gasteiger partial charge is 0.119 e. The zero-order chi connectivity index (χ0) is 13.8. The summed E-state index contributed by atoms with van der Waals surface area (Å²) in [5.41, 5.74) is 9.81. The van der Waals surface area contributed by atoms with E-state index in [9.17, 15) is 0 Å². The summed E-state index contributed by atoms with van der Waals surface area (Å²) < 4.78 is 5.89. The van der Waals surface area contributed by atoms with Gasteiger partial charge in [-0.15, -0.1) is 0 Å². The molecule has 0 saturated heterocycles. The number of rotatable bonds is 4. The highest BCUT2D eigenvalue weighted by Gasteiger charge is 2.16. The average molecular weight is 255 g/mol. The van der Waals surface area contributed by atoms with Crippen LogP contribution in [0.15, 0.2) is 48.5 Å². The van der Waals surface area contributed by atoms with Gasteiger partial charge in [0.15, 0.2) is 0 Å². The quantitative estimate of drug-likeness (QED) is 0.902. The molecule has 100 valence electrons. The number of hydrogen-bond acceptors (Lipinski definition) is 2. The SMILES string of the molecule is Cc1ccc(OC(C)C(N)c2ccc(C)cc2)cc1. The van der Waals surface area contributed by atoms with Crippen LogP contribution in [0.3, 0.4) is 0 Å². The Labute approximate surface area is 115 Å². The van der Waals surface area contributed by atoms with Gasteiger partial charge in [-0.05, 0) is 38.5 Å². The van der Waals surface area contributed by atoms with Crippen LogP contribution in [0.25, 0.3) is 0 Å². The van der Waals surface area contributed by atoms with E-state index in [1.807, 2.05) is 31.2 Å². The lowest BCUT2D eigenvalue weighted by Crippen LogP contribution is -2.28. The predicted molar refractivity (Wildman–Crippen MR) is 79.4 cm³/mol. The molecule has 0 aromatic heterocycles. The van der Waals surface area contributed by atoms with E-state index in [4.69, 9.17) is 10.5 Å². The minimum absolute atomic E-state index is 0.0644. The van der Waals surface area contributed by atoms with Gasteiger partial charge in [0.25, 0.3) is 0 Å². The van der Waals surface area contributed by atoms with Crippen LogP contribution in [-0.4, -0.2) is 6.10 Å². The molecule has 0 aliphatic rings. The summed E-state index contributed by atoms with van der Waals surface area (Å²) in [4.78, 5) is 0. The van der Waals surface area contributed by atoms with Crippen LogP contribution in [0.2, 0.25) is 0 Å². The summed E-state index contributed by atoms with van der Waals surface area (Å²) in [5, 5.41) is 0. The lowest BCUT2D eigenvalue weighted by molar-refractivity contribution is 0.190. The topological polar surface area (TPSA) is 35.2 Å². The number of aryl methyl sites for hydroxylation is 2. The fourth-order valence-electron chi connectivity index (χ4n) is 1.96. The molecule has 2 aromatic carbocycles. The molecule has 0 spiro atoms. The third-order valence-corrected chi connectivity index (χ3v) is 3.31. The van der Waals surface area contributed by atoms with E-state index in [1.54, 1.807) is 0 Å². The molecule has 0 bridgehead atoms. The number of nitrogens with two attached hydrogens (primary N) is 1. The van der Waals surface area contributed by atoms with Gasteiger partial charge in [-0.25, -0.2) is 0 Å². The molecule has 0 aliphatic heterocycles. The summed E-state index contributed by atoms with van der Waals surface area (Å²) in [5.74, 6) is 0.862. The largest absolute Gasteiger partial charge is 0.489 e. The number of hydrogen-bond donors (Lipinski definition) is 1. The molecule has 2 rings (SSSR count). The first kappa shape index (κ1) is 13.6. The second-order valence-corrected chi connectivity index (χ2v) is 5.07. The van der Waals surface area contributed by atoms with Gasteiger partial charge in [-0.1, -0.05) is 47.5 Å². The van der Waals surface area contributed by atoms with Crippen molar-refractivity contribution in [2.45, 2.75) is 32.9 Å². The van der Waals surface area contributed by atoms with Crippen LogP contribution in [0.1, 0.15) is 29.7 Å². The molecule has 19 heavy (non-hydrogen) atoms. The van der Waals surface area contributed by atoms with Gasteiger partial charge in [0, 0.05) is 0 Å². The summed E-state index contributed by atoms with van der Waals surface area (Å²) >= 11 is 0. The molecule has 2 nitrogen and oxygen atoms in total. The Kier molecular flexibility index (Phi) is 4.23. The Morgan fingerprint density at radius 2 is 1.32 bits per heavy atom. The van der Waals surface area contributed by atoms with Gasteiger partial charge < -0.3 is 10.5 Å². The van der Waals surface area contributed by atoms with Crippen LogP contribution < -0.4 is 10.5 Å².